The van der Waals surface area contributed by atoms with Crippen LogP contribution >= 0.6 is 11.9 Å². The molecule has 3 heteroatoms. The van der Waals surface area contributed by atoms with Gasteiger partial charge in [-0.3, -0.25) is 4.79 Å². The van der Waals surface area contributed by atoms with E-state index in [0.29, 0.717) is 0 Å². The van der Waals surface area contributed by atoms with E-state index in [0.717, 1.165) is 17.8 Å². The molecule has 0 saturated heterocycles. The van der Waals surface area contributed by atoms with Crippen molar-refractivity contribution in [3.05, 3.63) is 95.6 Å². The molecule has 126 valence electrons. The third-order valence-electron chi connectivity index (χ3n) is 3.97. The highest BCUT2D eigenvalue weighted by Crippen LogP contribution is 2.31. The number of aryl methyl sites for hydroxylation is 1. The Labute approximate surface area is 153 Å². The molecule has 0 aliphatic heterocycles. The average molecular weight is 347 g/mol. The quantitative estimate of drug-likeness (QED) is 0.408. The van der Waals surface area contributed by atoms with Gasteiger partial charge < -0.3 is 4.31 Å². The van der Waals surface area contributed by atoms with E-state index in [9.17, 15) is 4.79 Å². The van der Waals surface area contributed by atoms with Gasteiger partial charge in [0, 0.05) is 16.1 Å². The monoisotopic (exact) mass is 347 g/mol. The maximum atomic E-state index is 11.5. The normalized spacial score (nSPS) is 10.5. The molecule has 0 spiro atoms. The molecular weight excluding hydrogens is 326 g/mol. The van der Waals surface area contributed by atoms with Crippen molar-refractivity contribution in [2.24, 2.45) is 0 Å². The number of nitrogens with zero attached hydrogens (tertiary/aromatic N) is 1. The summed E-state index contributed by atoms with van der Waals surface area (Å²) in [4.78, 5) is 12.7. The summed E-state index contributed by atoms with van der Waals surface area (Å²) < 4.78 is 2.25. The highest BCUT2D eigenvalue weighted by atomic mass is 32.2. The van der Waals surface area contributed by atoms with Crippen LogP contribution in [0.2, 0.25) is 0 Å². The number of hydrogen-bond donors (Lipinski definition) is 0. The van der Waals surface area contributed by atoms with Crippen molar-refractivity contribution in [3.63, 3.8) is 0 Å². The molecule has 0 N–H and O–H groups in total. The molecule has 0 atom stereocenters. The van der Waals surface area contributed by atoms with E-state index >= 15 is 0 Å². The van der Waals surface area contributed by atoms with Gasteiger partial charge in [0.25, 0.3) is 0 Å². The minimum absolute atomic E-state index is 0.0901. The Morgan fingerprint density at radius 3 is 2.12 bits per heavy atom. The largest absolute Gasteiger partial charge is 0.308 e. The van der Waals surface area contributed by atoms with Gasteiger partial charge in [-0.15, -0.1) is 0 Å². The van der Waals surface area contributed by atoms with Crippen LogP contribution in [0, 0.1) is 6.92 Å². The van der Waals surface area contributed by atoms with Crippen molar-refractivity contribution >= 4 is 23.4 Å². The lowest BCUT2D eigenvalue weighted by Crippen LogP contribution is -2.13. The summed E-state index contributed by atoms with van der Waals surface area (Å²) in [5, 5.41) is 0. The maximum Gasteiger partial charge on any atom is 0.159 e. The van der Waals surface area contributed by atoms with E-state index in [2.05, 4.69) is 59.8 Å². The van der Waals surface area contributed by atoms with E-state index in [1.807, 2.05) is 30.3 Å². The van der Waals surface area contributed by atoms with Gasteiger partial charge in [0.2, 0.25) is 0 Å². The highest BCUT2D eigenvalue weighted by Gasteiger charge is 2.11. The minimum Gasteiger partial charge on any atom is -0.308 e. The van der Waals surface area contributed by atoms with Crippen LogP contribution in [0.25, 0.3) is 0 Å². The van der Waals surface area contributed by atoms with Gasteiger partial charge in [-0.1, -0.05) is 48.0 Å². The predicted octanol–water partition coefficient (Wildman–Crippen LogP) is 5.91. The van der Waals surface area contributed by atoms with Crippen LogP contribution in [0.4, 0.5) is 5.69 Å². The molecule has 3 aromatic rings. The fourth-order valence-corrected chi connectivity index (χ4v) is 3.47. The van der Waals surface area contributed by atoms with Crippen molar-refractivity contribution in [1.29, 1.82) is 0 Å². The van der Waals surface area contributed by atoms with Crippen LogP contribution < -0.4 is 4.31 Å². The van der Waals surface area contributed by atoms with Gasteiger partial charge in [-0.25, -0.2) is 0 Å². The summed E-state index contributed by atoms with van der Waals surface area (Å²) in [6.07, 6.45) is 0. The number of benzene rings is 3. The second kappa shape index (κ2) is 8.04. The standard InChI is InChI=1S/C22H21NOS/c1-17-8-14-22(15-9-17)25-23(16-19-6-4-3-5-7-19)21-12-10-20(11-13-21)18(2)24/h3-15H,16H2,1-2H3. The zero-order valence-corrected chi connectivity index (χ0v) is 15.3. The zero-order valence-electron chi connectivity index (χ0n) is 14.5. The summed E-state index contributed by atoms with van der Waals surface area (Å²) >= 11 is 1.71. The Morgan fingerprint density at radius 1 is 0.880 bits per heavy atom. The van der Waals surface area contributed by atoms with Gasteiger partial charge >= 0.3 is 0 Å². The Bertz CT molecular complexity index is 826. The predicted molar refractivity (Wildman–Crippen MR) is 106 cm³/mol. The molecule has 0 aliphatic rings. The lowest BCUT2D eigenvalue weighted by Gasteiger charge is -2.24. The first kappa shape index (κ1) is 17.3. The van der Waals surface area contributed by atoms with E-state index in [-0.39, 0.29) is 5.78 Å². The van der Waals surface area contributed by atoms with Crippen LogP contribution in [0.1, 0.15) is 28.4 Å². The number of anilines is 1. The molecule has 3 rings (SSSR count). The first-order chi connectivity index (χ1) is 12.1. The molecule has 0 aromatic heterocycles. The van der Waals surface area contributed by atoms with E-state index in [1.165, 1.54) is 16.0 Å². The Balaban J connectivity index is 1.87. The van der Waals surface area contributed by atoms with E-state index in [1.54, 1.807) is 18.9 Å². The van der Waals surface area contributed by atoms with Crippen molar-refractivity contribution in [1.82, 2.24) is 0 Å². The second-order valence-corrected chi connectivity index (χ2v) is 7.12. The summed E-state index contributed by atoms with van der Waals surface area (Å²) in [5.74, 6) is 0.0901. The van der Waals surface area contributed by atoms with Crippen LogP contribution in [-0.2, 0) is 6.54 Å². The average Bonchev–Trinajstić information content (AvgIpc) is 2.64. The zero-order chi connectivity index (χ0) is 17.6. The molecule has 0 fully saturated rings. The second-order valence-electron chi connectivity index (χ2n) is 6.03. The number of ketones is 1. The molecule has 0 bridgehead atoms. The lowest BCUT2D eigenvalue weighted by molar-refractivity contribution is 0.101. The third kappa shape index (κ3) is 4.74. The first-order valence-corrected chi connectivity index (χ1v) is 9.06. The molecule has 0 aliphatic carbocycles. The number of carbonyl (C=O) groups excluding carboxylic acids is 1. The fraction of sp³-hybridized carbons (Fsp3) is 0.136. The van der Waals surface area contributed by atoms with Crippen LogP contribution in [0.5, 0.6) is 0 Å². The van der Waals surface area contributed by atoms with Gasteiger partial charge in [-0.05, 0) is 67.8 Å². The smallest absolute Gasteiger partial charge is 0.159 e. The van der Waals surface area contributed by atoms with Crippen LogP contribution in [-0.4, -0.2) is 5.78 Å². The number of Topliss-reactive ketones (excluding diaryl/α,β-unsaturated/α-hetero) is 1. The SMILES string of the molecule is CC(=O)c1ccc(N(Cc2ccccc2)Sc2ccc(C)cc2)cc1. The molecule has 3 aromatic carbocycles. The number of rotatable bonds is 6. The van der Waals surface area contributed by atoms with Crippen molar-refractivity contribution in [2.45, 2.75) is 25.3 Å². The van der Waals surface area contributed by atoms with Crippen LogP contribution in [0.15, 0.2) is 83.8 Å². The lowest BCUT2D eigenvalue weighted by atomic mass is 10.1. The van der Waals surface area contributed by atoms with Gasteiger partial charge in [0.05, 0.1) is 6.54 Å². The summed E-state index contributed by atoms with van der Waals surface area (Å²) in [6.45, 7) is 4.48. The molecule has 0 heterocycles. The Morgan fingerprint density at radius 2 is 1.52 bits per heavy atom. The molecule has 0 saturated carbocycles. The van der Waals surface area contributed by atoms with Crippen LogP contribution in [0.3, 0.4) is 0 Å². The molecular formula is C22H21NOS. The molecule has 25 heavy (non-hydrogen) atoms. The summed E-state index contributed by atoms with van der Waals surface area (Å²) in [7, 11) is 0. The van der Waals surface area contributed by atoms with Gasteiger partial charge in [0.1, 0.15) is 0 Å². The van der Waals surface area contributed by atoms with Crippen molar-refractivity contribution in [2.75, 3.05) is 4.31 Å². The maximum absolute atomic E-state index is 11.5. The third-order valence-corrected chi connectivity index (χ3v) is 5.01. The summed E-state index contributed by atoms with van der Waals surface area (Å²) in [5.41, 5.74) is 4.32. The molecule has 0 amide bonds. The van der Waals surface area contributed by atoms with Gasteiger partial charge in [-0.2, -0.15) is 0 Å². The van der Waals surface area contributed by atoms with E-state index in [4.69, 9.17) is 0 Å². The Kier molecular flexibility index (Phi) is 5.56. The highest BCUT2D eigenvalue weighted by molar-refractivity contribution is 8.00. The van der Waals surface area contributed by atoms with Gasteiger partial charge in [0.15, 0.2) is 5.78 Å². The Hall–Kier alpha value is -2.52. The first-order valence-electron chi connectivity index (χ1n) is 8.29. The molecule has 2 nitrogen and oxygen atoms in total. The number of carbonyl (C=O) groups is 1. The van der Waals surface area contributed by atoms with Crippen molar-refractivity contribution in [3.8, 4) is 0 Å². The summed E-state index contributed by atoms with van der Waals surface area (Å²) in [6, 6.07) is 26.8. The number of hydrogen-bond acceptors (Lipinski definition) is 3. The molecule has 0 radical (unpaired) electrons. The molecule has 0 unspecified atom stereocenters. The van der Waals surface area contributed by atoms with Crippen molar-refractivity contribution < 1.29 is 4.79 Å². The fourth-order valence-electron chi connectivity index (χ4n) is 2.51. The topological polar surface area (TPSA) is 20.3 Å². The van der Waals surface area contributed by atoms with E-state index < -0.39 is 0 Å². The minimum atomic E-state index is 0.0901.